The highest BCUT2D eigenvalue weighted by Crippen LogP contribution is 2.10. The number of carboxylic acid groups (broad SMARTS) is 1. The number of ether oxygens (including phenoxy) is 1. The highest BCUT2D eigenvalue weighted by molar-refractivity contribution is 5.87. The first-order valence-corrected chi connectivity index (χ1v) is 5.58. The minimum absolute atomic E-state index is 0.101. The third-order valence-corrected chi connectivity index (χ3v) is 2.38. The van der Waals surface area contributed by atoms with Gasteiger partial charge in [0.1, 0.15) is 11.6 Å². The van der Waals surface area contributed by atoms with Crippen LogP contribution in [0.4, 0.5) is 5.82 Å². The van der Waals surface area contributed by atoms with Crippen LogP contribution in [0.3, 0.4) is 0 Å². The molecule has 0 saturated heterocycles. The van der Waals surface area contributed by atoms with Crippen LogP contribution in [0.25, 0.3) is 0 Å². The van der Waals surface area contributed by atoms with E-state index in [0.717, 1.165) is 0 Å². The molecule has 0 spiro atoms. The van der Waals surface area contributed by atoms with Gasteiger partial charge in [0.2, 0.25) is 5.76 Å². The fourth-order valence-electron chi connectivity index (χ4n) is 1.41. The van der Waals surface area contributed by atoms with Gasteiger partial charge in [-0.3, -0.25) is 0 Å². The molecular formula is C12H11N3O5. The van der Waals surface area contributed by atoms with Gasteiger partial charge >= 0.3 is 11.9 Å². The van der Waals surface area contributed by atoms with Crippen molar-refractivity contribution in [1.29, 1.82) is 0 Å². The van der Waals surface area contributed by atoms with Crippen molar-refractivity contribution in [2.24, 2.45) is 0 Å². The number of carbonyl (C=O) groups excluding carboxylic acids is 1. The molecule has 2 heterocycles. The van der Waals surface area contributed by atoms with Crippen molar-refractivity contribution in [3.05, 3.63) is 41.5 Å². The van der Waals surface area contributed by atoms with Crippen LogP contribution in [0.2, 0.25) is 0 Å². The first kappa shape index (κ1) is 13.5. The molecule has 2 aromatic heterocycles. The van der Waals surface area contributed by atoms with E-state index in [1.165, 1.54) is 19.2 Å². The predicted molar refractivity (Wildman–Crippen MR) is 66.4 cm³/mol. The molecule has 2 rings (SSSR count). The highest BCUT2D eigenvalue weighted by Gasteiger charge is 2.10. The number of rotatable bonds is 5. The Balaban J connectivity index is 1.96. The van der Waals surface area contributed by atoms with Gasteiger partial charge in [-0.15, -0.1) is 10.2 Å². The van der Waals surface area contributed by atoms with Crippen molar-refractivity contribution >= 4 is 17.8 Å². The molecule has 104 valence electrons. The third-order valence-electron chi connectivity index (χ3n) is 2.38. The van der Waals surface area contributed by atoms with Gasteiger partial charge < -0.3 is 19.6 Å². The van der Waals surface area contributed by atoms with E-state index in [1.807, 2.05) is 0 Å². The molecule has 0 aliphatic carbocycles. The molecule has 0 unspecified atom stereocenters. The number of hydrogen-bond donors (Lipinski definition) is 2. The molecule has 0 aromatic carbocycles. The Morgan fingerprint density at radius 3 is 2.65 bits per heavy atom. The molecule has 8 nitrogen and oxygen atoms in total. The van der Waals surface area contributed by atoms with Crippen molar-refractivity contribution < 1.29 is 23.8 Å². The van der Waals surface area contributed by atoms with Gasteiger partial charge in [-0.1, -0.05) is 0 Å². The second-order valence-corrected chi connectivity index (χ2v) is 3.72. The predicted octanol–water partition coefficient (Wildman–Crippen LogP) is 1.17. The number of nitrogens with zero attached hydrogens (tertiary/aromatic N) is 2. The largest absolute Gasteiger partial charge is 0.475 e. The maximum absolute atomic E-state index is 11.2. The van der Waals surface area contributed by atoms with Crippen LogP contribution in [0, 0.1) is 0 Å². The van der Waals surface area contributed by atoms with E-state index in [4.69, 9.17) is 9.52 Å². The van der Waals surface area contributed by atoms with Crippen LogP contribution in [-0.4, -0.2) is 34.4 Å². The molecule has 2 aromatic rings. The Morgan fingerprint density at radius 1 is 1.30 bits per heavy atom. The fourth-order valence-corrected chi connectivity index (χ4v) is 1.41. The van der Waals surface area contributed by atoms with Crippen LogP contribution in [-0.2, 0) is 11.3 Å². The number of carboxylic acids is 1. The normalized spacial score (nSPS) is 10.1. The van der Waals surface area contributed by atoms with E-state index >= 15 is 0 Å². The summed E-state index contributed by atoms with van der Waals surface area (Å²) in [5, 5.41) is 19.1. The summed E-state index contributed by atoms with van der Waals surface area (Å²) >= 11 is 0. The van der Waals surface area contributed by atoms with Crippen molar-refractivity contribution in [2.45, 2.75) is 6.54 Å². The van der Waals surface area contributed by atoms with Crippen molar-refractivity contribution in [3.63, 3.8) is 0 Å². The molecule has 0 fully saturated rings. The minimum atomic E-state index is -1.13. The summed E-state index contributed by atoms with van der Waals surface area (Å²) in [4.78, 5) is 21.8. The standard InChI is InChI=1S/C12H11N3O5/c1-19-12(18)8-3-5-10(15-14-8)13-6-7-2-4-9(20-7)11(16)17/h2-5H,6H2,1H3,(H,13,15)(H,16,17). The molecular weight excluding hydrogens is 266 g/mol. The van der Waals surface area contributed by atoms with Gasteiger partial charge in [-0.05, 0) is 24.3 Å². The summed E-state index contributed by atoms with van der Waals surface area (Å²) in [6.07, 6.45) is 0. The zero-order valence-electron chi connectivity index (χ0n) is 10.5. The lowest BCUT2D eigenvalue weighted by Crippen LogP contribution is -2.07. The van der Waals surface area contributed by atoms with Gasteiger partial charge in [-0.25, -0.2) is 9.59 Å². The molecule has 0 amide bonds. The Hall–Kier alpha value is -2.90. The lowest BCUT2D eigenvalue weighted by atomic mass is 10.4. The number of anilines is 1. The SMILES string of the molecule is COC(=O)c1ccc(NCc2ccc(C(=O)O)o2)nn1. The van der Waals surface area contributed by atoms with Crippen LogP contribution in [0.1, 0.15) is 26.8 Å². The summed E-state index contributed by atoms with van der Waals surface area (Å²) in [5.41, 5.74) is 0.101. The third kappa shape index (κ3) is 3.10. The Morgan fingerprint density at radius 2 is 2.10 bits per heavy atom. The van der Waals surface area contributed by atoms with Crippen molar-refractivity contribution in [3.8, 4) is 0 Å². The first-order valence-electron chi connectivity index (χ1n) is 5.58. The van der Waals surface area contributed by atoms with E-state index in [-0.39, 0.29) is 18.0 Å². The Kier molecular flexibility index (Phi) is 3.94. The van der Waals surface area contributed by atoms with Gasteiger partial charge in [0.25, 0.3) is 0 Å². The lowest BCUT2D eigenvalue weighted by molar-refractivity contribution is 0.0591. The Labute approximate surface area is 113 Å². The fraction of sp³-hybridized carbons (Fsp3) is 0.167. The van der Waals surface area contributed by atoms with Crippen molar-refractivity contribution in [2.75, 3.05) is 12.4 Å². The monoisotopic (exact) mass is 277 g/mol. The molecule has 0 saturated carbocycles. The zero-order chi connectivity index (χ0) is 14.5. The first-order chi connectivity index (χ1) is 9.60. The molecule has 8 heteroatoms. The number of furan rings is 1. The zero-order valence-corrected chi connectivity index (χ0v) is 10.5. The summed E-state index contributed by atoms with van der Waals surface area (Å²) in [5.74, 6) is -0.958. The number of carbonyl (C=O) groups is 2. The average molecular weight is 277 g/mol. The van der Waals surface area contributed by atoms with Gasteiger partial charge in [0.05, 0.1) is 13.7 Å². The number of methoxy groups -OCH3 is 1. The maximum Gasteiger partial charge on any atom is 0.371 e. The summed E-state index contributed by atoms with van der Waals surface area (Å²) in [6.45, 7) is 0.250. The maximum atomic E-state index is 11.2. The summed E-state index contributed by atoms with van der Waals surface area (Å²) in [6, 6.07) is 5.93. The summed E-state index contributed by atoms with van der Waals surface area (Å²) in [7, 11) is 1.26. The molecule has 20 heavy (non-hydrogen) atoms. The van der Waals surface area contributed by atoms with Gasteiger partial charge in [0, 0.05) is 0 Å². The van der Waals surface area contributed by atoms with Crippen LogP contribution in [0.15, 0.2) is 28.7 Å². The number of esters is 1. The quantitative estimate of drug-likeness (QED) is 0.782. The van der Waals surface area contributed by atoms with Crippen LogP contribution >= 0.6 is 0 Å². The number of aromatic nitrogens is 2. The van der Waals surface area contributed by atoms with E-state index in [1.54, 1.807) is 12.1 Å². The van der Waals surface area contributed by atoms with Gasteiger partial charge in [-0.2, -0.15) is 0 Å². The van der Waals surface area contributed by atoms with E-state index < -0.39 is 11.9 Å². The number of aromatic carboxylic acids is 1. The van der Waals surface area contributed by atoms with E-state index in [2.05, 4.69) is 20.3 Å². The molecule has 0 aliphatic heterocycles. The number of hydrogen-bond acceptors (Lipinski definition) is 7. The van der Waals surface area contributed by atoms with E-state index in [9.17, 15) is 9.59 Å². The molecule has 0 bridgehead atoms. The second kappa shape index (κ2) is 5.83. The lowest BCUT2D eigenvalue weighted by Gasteiger charge is -2.03. The van der Waals surface area contributed by atoms with Crippen LogP contribution < -0.4 is 5.32 Å². The molecule has 0 radical (unpaired) electrons. The van der Waals surface area contributed by atoms with Crippen LogP contribution in [0.5, 0.6) is 0 Å². The van der Waals surface area contributed by atoms with Crippen molar-refractivity contribution in [1.82, 2.24) is 10.2 Å². The Bertz CT molecular complexity index is 620. The molecule has 0 atom stereocenters. The number of nitrogens with one attached hydrogen (secondary N) is 1. The van der Waals surface area contributed by atoms with E-state index in [0.29, 0.717) is 11.6 Å². The second-order valence-electron chi connectivity index (χ2n) is 3.72. The molecule has 2 N–H and O–H groups in total. The smallest absolute Gasteiger partial charge is 0.371 e. The minimum Gasteiger partial charge on any atom is -0.475 e. The topological polar surface area (TPSA) is 115 Å². The summed E-state index contributed by atoms with van der Waals surface area (Å²) < 4.78 is 9.56. The van der Waals surface area contributed by atoms with Gasteiger partial charge in [0.15, 0.2) is 5.69 Å². The molecule has 0 aliphatic rings. The average Bonchev–Trinajstić information content (AvgIpc) is 2.94. The highest BCUT2D eigenvalue weighted by atomic mass is 16.5.